The van der Waals surface area contributed by atoms with Crippen LogP contribution in [0.5, 0.6) is 11.5 Å². The Labute approximate surface area is 92.6 Å². The van der Waals surface area contributed by atoms with Gasteiger partial charge in [-0.3, -0.25) is 0 Å². The van der Waals surface area contributed by atoms with Gasteiger partial charge in [-0.1, -0.05) is 0 Å². The molecular formula is C10H5F2NO4. The highest BCUT2D eigenvalue weighted by atomic mass is 19.3. The van der Waals surface area contributed by atoms with E-state index in [0.717, 1.165) is 6.39 Å². The smallest absolute Gasteiger partial charge is 0.411 e. The lowest BCUT2D eigenvalue weighted by atomic mass is 10.1. The van der Waals surface area contributed by atoms with Crippen LogP contribution in [0.2, 0.25) is 0 Å². The van der Waals surface area contributed by atoms with Crippen molar-refractivity contribution in [3.05, 3.63) is 28.4 Å². The van der Waals surface area contributed by atoms with Crippen molar-refractivity contribution in [2.45, 2.75) is 13.2 Å². The Morgan fingerprint density at radius 1 is 1.35 bits per heavy atom. The minimum Gasteiger partial charge on any atom is -0.411 e. The number of nitrogens with zero attached hydrogens (tertiary/aromatic N) is 1. The zero-order valence-corrected chi connectivity index (χ0v) is 8.49. The normalized spacial score (nSPS) is 16.4. The molecule has 0 spiro atoms. The summed E-state index contributed by atoms with van der Waals surface area (Å²) < 4.78 is 39.0. The van der Waals surface area contributed by atoms with E-state index in [4.69, 9.17) is 0 Å². The summed E-state index contributed by atoms with van der Waals surface area (Å²) in [5.74, 6) is -0.530. The van der Waals surface area contributed by atoms with Crippen LogP contribution >= 0.6 is 0 Å². The third-order valence-corrected chi connectivity index (χ3v) is 2.40. The minimum absolute atomic E-state index is 0.139. The Bertz CT molecular complexity index is 680. The van der Waals surface area contributed by atoms with Crippen molar-refractivity contribution in [3.8, 4) is 11.5 Å². The first kappa shape index (κ1) is 10.0. The molecule has 0 saturated carbocycles. The van der Waals surface area contributed by atoms with E-state index in [0.29, 0.717) is 5.56 Å². The molecule has 3 rings (SSSR count). The molecule has 88 valence electrons. The molecule has 17 heavy (non-hydrogen) atoms. The molecule has 0 saturated heterocycles. The van der Waals surface area contributed by atoms with Gasteiger partial charge in [0.05, 0.1) is 5.52 Å². The number of fused-ring (bicyclic) bond motifs is 3. The number of rotatable bonds is 0. The molecule has 1 aromatic carbocycles. The number of aromatic nitrogens is 1. The lowest BCUT2D eigenvalue weighted by Gasteiger charge is -2.04. The highest BCUT2D eigenvalue weighted by Gasteiger charge is 2.45. The highest BCUT2D eigenvalue weighted by Crippen LogP contribution is 2.45. The number of hydrogen-bond donors (Lipinski definition) is 0. The molecule has 7 heteroatoms. The molecule has 0 fully saturated rings. The van der Waals surface area contributed by atoms with Gasteiger partial charge in [-0.05, 0) is 18.6 Å². The molecular weight excluding hydrogens is 236 g/mol. The number of hydrogen-bond acceptors (Lipinski definition) is 5. The third kappa shape index (κ3) is 1.35. The predicted octanol–water partition coefficient (Wildman–Crippen LogP) is 1.82. The first-order chi connectivity index (χ1) is 7.98. The fraction of sp³-hybridized carbons (Fsp3) is 0.200. The van der Waals surface area contributed by atoms with E-state index in [1.54, 1.807) is 6.92 Å². The Kier molecular flexibility index (Phi) is 1.73. The van der Waals surface area contributed by atoms with E-state index < -0.39 is 11.9 Å². The lowest BCUT2D eigenvalue weighted by Crippen LogP contribution is -2.26. The predicted molar refractivity (Wildman–Crippen MR) is 51.2 cm³/mol. The van der Waals surface area contributed by atoms with Gasteiger partial charge in [0.25, 0.3) is 0 Å². The van der Waals surface area contributed by atoms with E-state index in [-0.39, 0.29) is 22.4 Å². The summed E-state index contributed by atoms with van der Waals surface area (Å²) in [6.45, 7) is 1.62. The summed E-state index contributed by atoms with van der Waals surface area (Å²) in [7, 11) is 0. The summed E-state index contributed by atoms with van der Waals surface area (Å²) in [5, 5.41) is -0.139. The molecule has 2 aromatic rings. The van der Waals surface area contributed by atoms with Crippen molar-refractivity contribution >= 4 is 10.9 Å². The van der Waals surface area contributed by atoms with Gasteiger partial charge in [-0.15, -0.1) is 8.78 Å². The summed E-state index contributed by atoms with van der Waals surface area (Å²) >= 11 is 0. The van der Waals surface area contributed by atoms with Crippen LogP contribution in [-0.4, -0.2) is 11.3 Å². The van der Waals surface area contributed by atoms with E-state index >= 15 is 0 Å². The first-order valence-corrected chi connectivity index (χ1v) is 4.65. The van der Waals surface area contributed by atoms with E-state index in [2.05, 4.69) is 18.9 Å². The molecule has 1 aliphatic heterocycles. The van der Waals surface area contributed by atoms with Gasteiger partial charge < -0.3 is 13.9 Å². The van der Waals surface area contributed by atoms with Crippen molar-refractivity contribution in [2.75, 3.05) is 0 Å². The minimum atomic E-state index is -3.77. The summed E-state index contributed by atoms with van der Waals surface area (Å²) in [6, 6.07) is 1.34. The van der Waals surface area contributed by atoms with Crippen molar-refractivity contribution < 1.29 is 22.7 Å². The van der Waals surface area contributed by atoms with Gasteiger partial charge in [-0.2, -0.15) is 0 Å². The van der Waals surface area contributed by atoms with Crippen molar-refractivity contribution in [1.29, 1.82) is 0 Å². The van der Waals surface area contributed by atoms with Crippen LogP contribution in [-0.2, 0) is 0 Å². The maximum atomic E-state index is 12.9. The van der Waals surface area contributed by atoms with Crippen LogP contribution in [0.1, 0.15) is 5.56 Å². The van der Waals surface area contributed by atoms with Crippen LogP contribution in [0.4, 0.5) is 8.78 Å². The number of benzene rings is 1. The van der Waals surface area contributed by atoms with Crippen LogP contribution in [0.25, 0.3) is 10.9 Å². The van der Waals surface area contributed by atoms with E-state index in [1.165, 1.54) is 6.07 Å². The van der Waals surface area contributed by atoms with Crippen LogP contribution in [0.3, 0.4) is 0 Å². The highest BCUT2D eigenvalue weighted by molar-refractivity contribution is 5.89. The average Bonchev–Trinajstić information content (AvgIpc) is 2.53. The average molecular weight is 241 g/mol. The largest absolute Gasteiger partial charge is 0.586 e. The van der Waals surface area contributed by atoms with E-state index in [1.807, 2.05) is 0 Å². The Balaban J connectivity index is 2.44. The second-order valence-corrected chi connectivity index (χ2v) is 3.55. The number of ether oxygens (including phenoxy) is 2. The molecule has 0 radical (unpaired) electrons. The molecule has 1 aliphatic rings. The SMILES string of the molecule is Cc1cc2c(c3c(=O)ocnc13)OC(F)(F)O2. The number of alkyl halides is 2. The summed E-state index contributed by atoms with van der Waals surface area (Å²) in [4.78, 5) is 15.3. The summed E-state index contributed by atoms with van der Waals surface area (Å²) in [5.41, 5.74) is -0.0227. The molecule has 5 nitrogen and oxygen atoms in total. The molecule has 2 heterocycles. The molecule has 1 aromatic heterocycles. The molecule has 0 amide bonds. The molecule has 0 unspecified atom stereocenters. The van der Waals surface area contributed by atoms with Gasteiger partial charge in [0, 0.05) is 0 Å². The standard InChI is InChI=1S/C10H5F2NO4/c1-4-2-5-8(17-10(11,12)16-5)6-7(4)13-3-15-9(6)14/h2-3H,1H3. The number of halogens is 2. The van der Waals surface area contributed by atoms with Crippen molar-refractivity contribution in [2.24, 2.45) is 0 Å². The number of aryl methyl sites for hydroxylation is 1. The second-order valence-electron chi connectivity index (χ2n) is 3.55. The lowest BCUT2D eigenvalue weighted by molar-refractivity contribution is -0.286. The Morgan fingerprint density at radius 2 is 2.12 bits per heavy atom. The third-order valence-electron chi connectivity index (χ3n) is 2.40. The fourth-order valence-electron chi connectivity index (χ4n) is 1.74. The van der Waals surface area contributed by atoms with Gasteiger partial charge >= 0.3 is 11.9 Å². The van der Waals surface area contributed by atoms with Gasteiger partial charge in [0.15, 0.2) is 17.9 Å². The molecule has 0 bridgehead atoms. The molecule has 0 atom stereocenters. The van der Waals surface area contributed by atoms with Gasteiger partial charge in [0.2, 0.25) is 0 Å². The van der Waals surface area contributed by atoms with Crippen LogP contribution < -0.4 is 15.1 Å². The van der Waals surface area contributed by atoms with Crippen LogP contribution in [0.15, 0.2) is 21.7 Å². The van der Waals surface area contributed by atoms with Gasteiger partial charge in [-0.25, -0.2) is 9.78 Å². The topological polar surface area (TPSA) is 61.6 Å². The quantitative estimate of drug-likeness (QED) is 0.704. The first-order valence-electron chi connectivity index (χ1n) is 4.65. The Morgan fingerprint density at radius 3 is 2.88 bits per heavy atom. The Hall–Kier alpha value is -2.18. The maximum absolute atomic E-state index is 12.9. The van der Waals surface area contributed by atoms with Crippen LogP contribution in [0, 0.1) is 6.92 Å². The van der Waals surface area contributed by atoms with Crippen molar-refractivity contribution in [1.82, 2.24) is 4.98 Å². The molecule has 0 aliphatic carbocycles. The van der Waals surface area contributed by atoms with Crippen molar-refractivity contribution in [3.63, 3.8) is 0 Å². The summed E-state index contributed by atoms with van der Waals surface area (Å²) in [6.07, 6.45) is -2.82. The van der Waals surface area contributed by atoms with Gasteiger partial charge in [0.1, 0.15) is 5.39 Å². The zero-order valence-electron chi connectivity index (χ0n) is 8.49. The monoisotopic (exact) mass is 241 g/mol. The fourth-order valence-corrected chi connectivity index (χ4v) is 1.74. The van der Waals surface area contributed by atoms with E-state index in [9.17, 15) is 13.6 Å². The second kappa shape index (κ2) is 2.93. The maximum Gasteiger partial charge on any atom is 0.586 e. The molecule has 0 N–H and O–H groups in total. The zero-order chi connectivity index (χ0) is 12.2.